The van der Waals surface area contributed by atoms with Crippen molar-refractivity contribution in [2.75, 3.05) is 6.61 Å². The maximum Gasteiger partial charge on any atom is 0.310 e. The van der Waals surface area contributed by atoms with Crippen LogP contribution in [0.4, 0.5) is 0 Å². The Morgan fingerprint density at radius 2 is 1.78 bits per heavy atom. The normalized spacial score (nSPS) is 24.6. The van der Waals surface area contributed by atoms with Gasteiger partial charge < -0.3 is 9.53 Å². The second-order valence-electron chi connectivity index (χ2n) is 5.90. The third-order valence-electron chi connectivity index (χ3n) is 4.05. The minimum atomic E-state index is -0.213. The molecular weight excluding hydrogens is 228 g/mol. The van der Waals surface area contributed by atoms with E-state index in [1.165, 1.54) is 25.7 Å². The van der Waals surface area contributed by atoms with Crippen LogP contribution < -0.4 is 0 Å². The second kappa shape index (κ2) is 6.91. The van der Waals surface area contributed by atoms with E-state index < -0.39 is 0 Å². The van der Waals surface area contributed by atoms with Crippen molar-refractivity contribution in [2.24, 2.45) is 17.3 Å². The van der Waals surface area contributed by atoms with Crippen molar-refractivity contribution < 1.29 is 14.3 Å². The molecule has 104 valence electrons. The standard InChI is InChI=1S/C15H26O3/c1-4-5-6-7-8-9-10-18-14(17)13-12(11-16)15(13,2)3/h11-13H,4-10H2,1-3H3. The van der Waals surface area contributed by atoms with Crippen LogP contribution in [-0.4, -0.2) is 18.9 Å². The van der Waals surface area contributed by atoms with E-state index in [4.69, 9.17) is 4.74 Å². The van der Waals surface area contributed by atoms with Gasteiger partial charge in [-0.1, -0.05) is 52.9 Å². The zero-order chi connectivity index (χ0) is 13.6. The highest BCUT2D eigenvalue weighted by molar-refractivity contribution is 5.84. The maximum atomic E-state index is 11.7. The number of esters is 1. The van der Waals surface area contributed by atoms with Crippen LogP contribution in [-0.2, 0) is 14.3 Å². The molecule has 0 aromatic heterocycles. The molecule has 2 unspecified atom stereocenters. The van der Waals surface area contributed by atoms with Crippen LogP contribution >= 0.6 is 0 Å². The molecule has 0 aromatic rings. The van der Waals surface area contributed by atoms with Crippen LogP contribution in [0.25, 0.3) is 0 Å². The number of unbranched alkanes of at least 4 members (excludes halogenated alkanes) is 5. The predicted octanol–water partition coefficient (Wildman–Crippen LogP) is 3.36. The fourth-order valence-corrected chi connectivity index (χ4v) is 2.53. The van der Waals surface area contributed by atoms with E-state index in [0.717, 1.165) is 19.1 Å². The lowest BCUT2D eigenvalue weighted by Gasteiger charge is -2.05. The highest BCUT2D eigenvalue weighted by atomic mass is 16.5. The molecule has 1 aliphatic rings. The Morgan fingerprint density at radius 1 is 1.17 bits per heavy atom. The summed E-state index contributed by atoms with van der Waals surface area (Å²) in [5.41, 5.74) is -0.194. The van der Waals surface area contributed by atoms with Gasteiger partial charge >= 0.3 is 5.97 Å². The summed E-state index contributed by atoms with van der Waals surface area (Å²) in [5, 5.41) is 0. The maximum absolute atomic E-state index is 11.7. The fourth-order valence-electron chi connectivity index (χ4n) is 2.53. The van der Waals surface area contributed by atoms with Crippen molar-refractivity contribution >= 4 is 12.3 Å². The number of ether oxygens (including phenoxy) is 1. The van der Waals surface area contributed by atoms with Gasteiger partial charge in [0.05, 0.1) is 12.5 Å². The molecular formula is C15H26O3. The lowest BCUT2D eigenvalue weighted by molar-refractivity contribution is -0.146. The first-order chi connectivity index (χ1) is 8.55. The third kappa shape index (κ3) is 3.82. The molecule has 1 saturated carbocycles. The molecule has 2 atom stereocenters. The van der Waals surface area contributed by atoms with E-state index in [1.807, 2.05) is 13.8 Å². The number of carbonyl (C=O) groups is 2. The molecule has 18 heavy (non-hydrogen) atoms. The molecule has 0 heterocycles. The number of hydrogen-bond acceptors (Lipinski definition) is 3. The summed E-state index contributed by atoms with van der Waals surface area (Å²) in [5.74, 6) is -0.546. The van der Waals surface area contributed by atoms with Gasteiger partial charge in [-0.05, 0) is 11.8 Å². The summed E-state index contributed by atoms with van der Waals surface area (Å²) >= 11 is 0. The third-order valence-corrected chi connectivity index (χ3v) is 4.05. The summed E-state index contributed by atoms with van der Waals surface area (Å²) in [4.78, 5) is 22.5. The minimum absolute atomic E-state index is 0.144. The quantitative estimate of drug-likeness (QED) is 0.360. The Hall–Kier alpha value is -0.860. The van der Waals surface area contributed by atoms with Gasteiger partial charge in [-0.3, -0.25) is 4.79 Å². The molecule has 0 radical (unpaired) electrons. The number of aldehydes is 1. The Labute approximate surface area is 110 Å². The van der Waals surface area contributed by atoms with Gasteiger partial charge in [-0.2, -0.15) is 0 Å². The van der Waals surface area contributed by atoms with E-state index >= 15 is 0 Å². The van der Waals surface area contributed by atoms with E-state index in [1.54, 1.807) is 0 Å². The Kier molecular flexibility index (Phi) is 5.83. The van der Waals surface area contributed by atoms with Crippen LogP contribution in [0.1, 0.15) is 59.3 Å². The summed E-state index contributed by atoms with van der Waals surface area (Å²) in [6.07, 6.45) is 7.98. The largest absolute Gasteiger partial charge is 0.465 e. The first-order valence-corrected chi connectivity index (χ1v) is 7.17. The van der Waals surface area contributed by atoms with Gasteiger partial charge in [0.15, 0.2) is 0 Å². The van der Waals surface area contributed by atoms with Gasteiger partial charge in [0.25, 0.3) is 0 Å². The number of carbonyl (C=O) groups excluding carboxylic acids is 2. The van der Waals surface area contributed by atoms with Crippen molar-refractivity contribution in [1.29, 1.82) is 0 Å². The zero-order valence-corrected chi connectivity index (χ0v) is 11.9. The fraction of sp³-hybridized carbons (Fsp3) is 0.867. The summed E-state index contributed by atoms with van der Waals surface area (Å²) < 4.78 is 5.24. The van der Waals surface area contributed by atoms with Crippen LogP contribution in [0, 0.1) is 17.3 Å². The first-order valence-electron chi connectivity index (χ1n) is 7.17. The lowest BCUT2D eigenvalue weighted by Crippen LogP contribution is -2.11. The van der Waals surface area contributed by atoms with Gasteiger partial charge in [0.1, 0.15) is 6.29 Å². The van der Waals surface area contributed by atoms with Crippen molar-refractivity contribution in [3.8, 4) is 0 Å². The summed E-state index contributed by atoms with van der Waals surface area (Å²) in [6.45, 7) is 6.59. The average Bonchev–Trinajstić information content (AvgIpc) is 2.89. The van der Waals surface area contributed by atoms with E-state index in [2.05, 4.69) is 6.92 Å². The highest BCUT2D eigenvalue weighted by Crippen LogP contribution is 2.57. The summed E-state index contributed by atoms with van der Waals surface area (Å²) in [7, 11) is 0. The second-order valence-corrected chi connectivity index (χ2v) is 5.90. The average molecular weight is 254 g/mol. The molecule has 3 heteroatoms. The van der Waals surface area contributed by atoms with Crippen LogP contribution in [0.5, 0.6) is 0 Å². The van der Waals surface area contributed by atoms with E-state index in [0.29, 0.717) is 6.61 Å². The smallest absolute Gasteiger partial charge is 0.310 e. The van der Waals surface area contributed by atoms with Crippen molar-refractivity contribution in [1.82, 2.24) is 0 Å². The zero-order valence-electron chi connectivity index (χ0n) is 11.9. The first kappa shape index (κ1) is 15.2. The SMILES string of the molecule is CCCCCCCCOC(=O)C1C(C=O)C1(C)C. The van der Waals surface area contributed by atoms with Crippen LogP contribution in [0.3, 0.4) is 0 Å². The molecule has 0 amide bonds. The molecule has 3 nitrogen and oxygen atoms in total. The van der Waals surface area contributed by atoms with Gasteiger partial charge in [0.2, 0.25) is 0 Å². The number of hydrogen-bond donors (Lipinski definition) is 0. The van der Waals surface area contributed by atoms with E-state index in [9.17, 15) is 9.59 Å². The number of rotatable bonds is 9. The Bertz CT molecular complexity index is 283. The van der Waals surface area contributed by atoms with Gasteiger partial charge in [0, 0.05) is 5.92 Å². The monoisotopic (exact) mass is 254 g/mol. The van der Waals surface area contributed by atoms with Crippen molar-refractivity contribution in [3.05, 3.63) is 0 Å². The predicted molar refractivity (Wildman–Crippen MR) is 71.2 cm³/mol. The Morgan fingerprint density at radius 3 is 2.33 bits per heavy atom. The molecule has 1 aliphatic carbocycles. The molecule has 0 aromatic carbocycles. The summed E-state index contributed by atoms with van der Waals surface area (Å²) in [6, 6.07) is 0. The molecule has 1 rings (SSSR count). The minimum Gasteiger partial charge on any atom is -0.465 e. The van der Waals surface area contributed by atoms with Crippen LogP contribution in [0.2, 0.25) is 0 Å². The highest BCUT2D eigenvalue weighted by Gasteiger charge is 2.62. The van der Waals surface area contributed by atoms with Gasteiger partial charge in [-0.15, -0.1) is 0 Å². The molecule has 0 bridgehead atoms. The molecule has 0 aliphatic heterocycles. The molecule has 0 N–H and O–H groups in total. The van der Waals surface area contributed by atoms with Crippen LogP contribution in [0.15, 0.2) is 0 Å². The lowest BCUT2D eigenvalue weighted by atomic mass is 10.1. The molecule has 0 saturated heterocycles. The topological polar surface area (TPSA) is 43.4 Å². The Balaban J connectivity index is 2.07. The van der Waals surface area contributed by atoms with E-state index in [-0.39, 0.29) is 23.2 Å². The van der Waals surface area contributed by atoms with Crippen molar-refractivity contribution in [2.45, 2.75) is 59.3 Å². The molecule has 0 spiro atoms. The van der Waals surface area contributed by atoms with Crippen molar-refractivity contribution in [3.63, 3.8) is 0 Å². The van der Waals surface area contributed by atoms with Gasteiger partial charge in [-0.25, -0.2) is 0 Å². The molecule has 1 fully saturated rings.